The molecule has 0 unspecified atom stereocenters. The third kappa shape index (κ3) is 1.64. The van der Waals surface area contributed by atoms with Crippen molar-refractivity contribution >= 4 is 11.3 Å². The molecule has 0 fully saturated rings. The summed E-state index contributed by atoms with van der Waals surface area (Å²) in [6.45, 7) is 0.373. The van der Waals surface area contributed by atoms with Crippen LogP contribution in [0.25, 0.3) is 10.6 Å². The van der Waals surface area contributed by atoms with E-state index >= 15 is 0 Å². The molecule has 2 aromatic rings. The Morgan fingerprint density at radius 2 is 2.36 bits per heavy atom. The number of aromatic nitrogens is 2. The first kappa shape index (κ1) is 9.23. The number of hydrogen-bond acceptors (Lipinski definition) is 4. The third-order valence-electron chi connectivity index (χ3n) is 1.75. The van der Waals surface area contributed by atoms with Gasteiger partial charge in [0.15, 0.2) is 0 Å². The van der Waals surface area contributed by atoms with Gasteiger partial charge in [0.05, 0.1) is 11.3 Å². The van der Waals surface area contributed by atoms with E-state index in [-0.39, 0.29) is 0 Å². The van der Waals surface area contributed by atoms with Gasteiger partial charge < -0.3 is 5.73 Å². The van der Waals surface area contributed by atoms with Crippen LogP contribution in [0.5, 0.6) is 0 Å². The fourth-order valence-electron chi connectivity index (χ4n) is 1.07. The van der Waals surface area contributed by atoms with Crippen molar-refractivity contribution < 1.29 is 4.39 Å². The lowest BCUT2D eigenvalue weighted by molar-refractivity contribution is 0.587. The summed E-state index contributed by atoms with van der Waals surface area (Å²) in [5.41, 5.74) is 6.61. The van der Waals surface area contributed by atoms with Gasteiger partial charge in [-0.3, -0.25) is 0 Å². The summed E-state index contributed by atoms with van der Waals surface area (Å²) in [6, 6.07) is 3.34. The molecular formula is C9H8FN3S. The zero-order valence-corrected chi connectivity index (χ0v) is 8.09. The molecule has 0 aliphatic carbocycles. The molecule has 2 rings (SSSR count). The van der Waals surface area contributed by atoms with Crippen LogP contribution in [0.2, 0.25) is 0 Å². The molecule has 5 heteroatoms. The van der Waals surface area contributed by atoms with Crippen LogP contribution >= 0.6 is 11.3 Å². The maximum Gasteiger partial charge on any atom is 0.223 e. The molecule has 0 radical (unpaired) electrons. The Bertz CT molecular complexity index is 441. The molecule has 0 aliphatic heterocycles. The van der Waals surface area contributed by atoms with E-state index in [0.29, 0.717) is 17.1 Å². The van der Waals surface area contributed by atoms with E-state index in [4.69, 9.17) is 5.73 Å². The summed E-state index contributed by atoms with van der Waals surface area (Å²) < 4.78 is 13.2. The van der Waals surface area contributed by atoms with Gasteiger partial charge in [-0.05, 0) is 12.1 Å². The van der Waals surface area contributed by atoms with Crippen LogP contribution in [-0.4, -0.2) is 9.97 Å². The van der Waals surface area contributed by atoms with Crippen molar-refractivity contribution in [2.24, 2.45) is 5.73 Å². The average molecular weight is 209 g/mol. The Hall–Kier alpha value is -1.33. The van der Waals surface area contributed by atoms with Crippen molar-refractivity contribution in [3.8, 4) is 10.6 Å². The van der Waals surface area contributed by atoms with Crippen molar-refractivity contribution in [3.05, 3.63) is 35.4 Å². The highest BCUT2D eigenvalue weighted by atomic mass is 32.1. The molecule has 2 aromatic heterocycles. The number of thiazole rings is 1. The first-order valence-electron chi connectivity index (χ1n) is 4.06. The van der Waals surface area contributed by atoms with E-state index < -0.39 is 5.95 Å². The van der Waals surface area contributed by atoms with Gasteiger partial charge in [-0.15, -0.1) is 11.3 Å². The summed E-state index contributed by atoms with van der Waals surface area (Å²) in [5, 5.41) is 2.44. The second kappa shape index (κ2) is 3.81. The fourth-order valence-corrected chi connectivity index (χ4v) is 1.92. The lowest BCUT2D eigenvalue weighted by atomic mass is 10.3. The lowest BCUT2D eigenvalue weighted by Crippen LogP contribution is -1.96. The first-order chi connectivity index (χ1) is 6.81. The molecular weight excluding hydrogens is 201 g/mol. The van der Waals surface area contributed by atoms with E-state index in [1.165, 1.54) is 17.5 Å². The Morgan fingerprint density at radius 1 is 1.50 bits per heavy atom. The van der Waals surface area contributed by atoms with Crippen LogP contribution < -0.4 is 5.73 Å². The largest absolute Gasteiger partial charge is 0.325 e. The minimum absolute atomic E-state index is 0.373. The molecule has 2 heterocycles. The minimum atomic E-state index is -0.495. The highest BCUT2D eigenvalue weighted by Gasteiger charge is 2.08. The Kier molecular flexibility index (Phi) is 2.51. The molecule has 0 amide bonds. The van der Waals surface area contributed by atoms with Crippen LogP contribution in [0.4, 0.5) is 4.39 Å². The van der Waals surface area contributed by atoms with Crippen molar-refractivity contribution in [1.82, 2.24) is 9.97 Å². The fraction of sp³-hybridized carbons (Fsp3) is 0.111. The second-order valence-corrected chi connectivity index (χ2v) is 3.55. The number of rotatable bonds is 2. The normalized spacial score (nSPS) is 10.4. The maximum atomic E-state index is 13.2. The predicted molar refractivity (Wildman–Crippen MR) is 53.2 cm³/mol. The molecule has 0 atom stereocenters. The molecule has 72 valence electrons. The Balaban J connectivity index is 2.44. The van der Waals surface area contributed by atoms with Crippen LogP contribution in [0.1, 0.15) is 5.69 Å². The highest BCUT2D eigenvalue weighted by Crippen LogP contribution is 2.24. The number of nitrogens with two attached hydrogens (primary N) is 1. The van der Waals surface area contributed by atoms with Crippen molar-refractivity contribution in [2.45, 2.75) is 6.54 Å². The smallest absolute Gasteiger partial charge is 0.223 e. The summed E-state index contributed by atoms with van der Waals surface area (Å²) >= 11 is 1.37. The van der Waals surface area contributed by atoms with Crippen LogP contribution in [0, 0.1) is 5.95 Å². The van der Waals surface area contributed by atoms with Crippen molar-refractivity contribution in [2.75, 3.05) is 0 Å². The number of hydrogen-bond donors (Lipinski definition) is 1. The summed E-state index contributed by atoms with van der Waals surface area (Å²) in [7, 11) is 0. The molecule has 0 saturated carbocycles. The SMILES string of the molecule is NCc1csc(-c2cccnc2F)n1. The van der Waals surface area contributed by atoms with Crippen molar-refractivity contribution in [3.63, 3.8) is 0 Å². The zero-order chi connectivity index (χ0) is 9.97. The number of nitrogens with zero attached hydrogens (tertiary/aromatic N) is 2. The zero-order valence-electron chi connectivity index (χ0n) is 7.27. The van der Waals surface area contributed by atoms with Gasteiger partial charge >= 0.3 is 0 Å². The highest BCUT2D eigenvalue weighted by molar-refractivity contribution is 7.13. The van der Waals surface area contributed by atoms with Crippen LogP contribution in [0.3, 0.4) is 0 Å². The van der Waals surface area contributed by atoms with Crippen LogP contribution in [-0.2, 0) is 6.54 Å². The van der Waals surface area contributed by atoms with Gasteiger partial charge in [-0.25, -0.2) is 9.97 Å². The molecule has 2 N–H and O–H groups in total. The standard InChI is InChI=1S/C9H8FN3S/c10-8-7(2-1-3-12-8)9-13-6(4-11)5-14-9/h1-3,5H,4,11H2. The maximum absolute atomic E-state index is 13.2. The topological polar surface area (TPSA) is 51.8 Å². The minimum Gasteiger partial charge on any atom is -0.325 e. The quantitative estimate of drug-likeness (QED) is 0.767. The van der Waals surface area contributed by atoms with E-state index in [2.05, 4.69) is 9.97 Å². The lowest BCUT2D eigenvalue weighted by Gasteiger charge is -1.95. The van der Waals surface area contributed by atoms with E-state index in [1.54, 1.807) is 12.1 Å². The molecule has 0 aliphatic rings. The predicted octanol–water partition coefficient (Wildman–Crippen LogP) is 1.80. The monoisotopic (exact) mass is 209 g/mol. The summed E-state index contributed by atoms with van der Waals surface area (Å²) in [4.78, 5) is 7.73. The molecule has 0 bridgehead atoms. The van der Waals surface area contributed by atoms with Gasteiger partial charge in [-0.2, -0.15) is 4.39 Å². The third-order valence-corrected chi connectivity index (χ3v) is 2.67. The van der Waals surface area contributed by atoms with Crippen LogP contribution in [0.15, 0.2) is 23.7 Å². The van der Waals surface area contributed by atoms with Gasteiger partial charge in [0.2, 0.25) is 5.95 Å². The van der Waals surface area contributed by atoms with Gasteiger partial charge in [0.25, 0.3) is 0 Å². The van der Waals surface area contributed by atoms with Gasteiger partial charge in [-0.1, -0.05) is 0 Å². The average Bonchev–Trinajstić information content (AvgIpc) is 2.67. The van der Waals surface area contributed by atoms with Crippen molar-refractivity contribution in [1.29, 1.82) is 0 Å². The first-order valence-corrected chi connectivity index (χ1v) is 4.94. The summed E-state index contributed by atoms with van der Waals surface area (Å²) in [6.07, 6.45) is 1.41. The molecule has 3 nitrogen and oxygen atoms in total. The molecule has 0 spiro atoms. The van der Waals surface area contributed by atoms with E-state index in [0.717, 1.165) is 5.69 Å². The van der Waals surface area contributed by atoms with Gasteiger partial charge in [0.1, 0.15) is 5.01 Å². The molecule has 0 aromatic carbocycles. The van der Waals surface area contributed by atoms with Gasteiger partial charge in [0, 0.05) is 18.1 Å². The Labute approximate surface area is 84.4 Å². The number of halogens is 1. The second-order valence-electron chi connectivity index (χ2n) is 2.69. The number of pyridine rings is 1. The summed E-state index contributed by atoms with van der Waals surface area (Å²) in [5.74, 6) is -0.495. The molecule has 0 saturated heterocycles. The van der Waals surface area contributed by atoms with E-state index in [9.17, 15) is 4.39 Å². The Morgan fingerprint density at radius 3 is 3.00 bits per heavy atom. The van der Waals surface area contributed by atoms with E-state index in [1.807, 2.05) is 5.38 Å². The molecule has 14 heavy (non-hydrogen) atoms.